The van der Waals surface area contributed by atoms with Gasteiger partial charge in [0.05, 0.1) is 17.2 Å². The molecule has 0 heterocycles. The molecule has 7 heteroatoms. The van der Waals surface area contributed by atoms with Crippen molar-refractivity contribution in [1.82, 2.24) is 4.72 Å². The highest BCUT2D eigenvalue weighted by molar-refractivity contribution is 7.89. The SMILES string of the molecule is CCNS(=O)(=O)c1ccc(N)c(OCCOC)c1. The normalized spacial score (nSPS) is 11.4. The number of nitrogens with one attached hydrogen (secondary N) is 1. The van der Waals surface area contributed by atoms with Gasteiger partial charge < -0.3 is 15.2 Å². The van der Waals surface area contributed by atoms with Gasteiger partial charge in [0.15, 0.2) is 0 Å². The van der Waals surface area contributed by atoms with Crippen molar-refractivity contribution >= 4 is 15.7 Å². The molecule has 0 atom stereocenters. The molecule has 0 bridgehead atoms. The predicted molar refractivity (Wildman–Crippen MR) is 69.1 cm³/mol. The zero-order valence-electron chi connectivity index (χ0n) is 10.5. The summed E-state index contributed by atoms with van der Waals surface area (Å²) >= 11 is 0. The number of nitrogens with two attached hydrogens (primary N) is 1. The first kappa shape index (κ1) is 14.7. The van der Waals surface area contributed by atoms with Crippen molar-refractivity contribution in [3.05, 3.63) is 18.2 Å². The quantitative estimate of drug-likeness (QED) is 0.561. The lowest BCUT2D eigenvalue weighted by atomic mass is 10.3. The third kappa shape index (κ3) is 3.86. The summed E-state index contributed by atoms with van der Waals surface area (Å²) in [4.78, 5) is 0.131. The van der Waals surface area contributed by atoms with E-state index in [9.17, 15) is 8.42 Å². The van der Waals surface area contributed by atoms with Crippen molar-refractivity contribution in [2.24, 2.45) is 0 Å². The summed E-state index contributed by atoms with van der Waals surface area (Å²) in [7, 11) is -1.94. The second-order valence-electron chi connectivity index (χ2n) is 3.54. The second-order valence-corrected chi connectivity index (χ2v) is 5.31. The van der Waals surface area contributed by atoms with Crippen LogP contribution in [0.15, 0.2) is 23.1 Å². The maximum Gasteiger partial charge on any atom is 0.240 e. The number of rotatable bonds is 7. The molecule has 0 aliphatic rings. The standard InChI is InChI=1S/C11H18N2O4S/c1-3-13-18(14,15)9-4-5-10(12)11(8-9)17-7-6-16-2/h4-5,8,13H,3,6-7,12H2,1-2H3. The van der Waals surface area contributed by atoms with Crippen LogP contribution >= 0.6 is 0 Å². The molecular weight excluding hydrogens is 256 g/mol. The Bertz CT molecular complexity index is 488. The molecule has 1 aromatic rings. The number of benzene rings is 1. The molecule has 0 radical (unpaired) electrons. The van der Waals surface area contributed by atoms with Gasteiger partial charge in [-0.1, -0.05) is 6.92 Å². The molecule has 0 amide bonds. The average molecular weight is 274 g/mol. The highest BCUT2D eigenvalue weighted by atomic mass is 32.2. The first-order valence-corrected chi connectivity index (χ1v) is 7.00. The Balaban J connectivity index is 2.93. The fraction of sp³-hybridized carbons (Fsp3) is 0.455. The van der Waals surface area contributed by atoms with Crippen molar-refractivity contribution in [3.63, 3.8) is 0 Å². The summed E-state index contributed by atoms with van der Waals surface area (Å²) in [6.45, 7) is 2.76. The summed E-state index contributed by atoms with van der Waals surface area (Å²) < 4.78 is 36.2. The van der Waals surface area contributed by atoms with E-state index in [4.69, 9.17) is 15.2 Å². The molecule has 0 aromatic heterocycles. The minimum atomic E-state index is -3.50. The Labute approximate surface area is 107 Å². The van der Waals surface area contributed by atoms with E-state index in [1.165, 1.54) is 18.2 Å². The summed E-state index contributed by atoms with van der Waals surface area (Å²) in [5.41, 5.74) is 6.10. The van der Waals surface area contributed by atoms with Crippen LogP contribution in [-0.2, 0) is 14.8 Å². The average Bonchev–Trinajstić information content (AvgIpc) is 2.31. The molecule has 1 aromatic carbocycles. The molecule has 0 saturated carbocycles. The van der Waals surface area contributed by atoms with Crippen LogP contribution in [0.3, 0.4) is 0 Å². The molecule has 0 saturated heterocycles. The van der Waals surface area contributed by atoms with Gasteiger partial charge >= 0.3 is 0 Å². The van der Waals surface area contributed by atoms with Crippen LogP contribution in [-0.4, -0.2) is 35.3 Å². The fourth-order valence-corrected chi connectivity index (χ4v) is 2.37. The number of anilines is 1. The van der Waals surface area contributed by atoms with Gasteiger partial charge in [0.2, 0.25) is 10.0 Å². The molecule has 3 N–H and O–H groups in total. The van der Waals surface area contributed by atoms with Gasteiger partial charge in [-0.25, -0.2) is 13.1 Å². The van der Waals surface area contributed by atoms with E-state index in [-0.39, 0.29) is 4.90 Å². The van der Waals surface area contributed by atoms with Crippen molar-refractivity contribution in [1.29, 1.82) is 0 Å². The maximum atomic E-state index is 11.8. The first-order valence-electron chi connectivity index (χ1n) is 5.52. The molecule has 1 rings (SSSR count). The Morgan fingerprint density at radius 2 is 2.06 bits per heavy atom. The Morgan fingerprint density at radius 1 is 1.33 bits per heavy atom. The van der Waals surface area contributed by atoms with E-state index < -0.39 is 10.0 Å². The molecule has 0 spiro atoms. The monoisotopic (exact) mass is 274 g/mol. The fourth-order valence-electron chi connectivity index (χ4n) is 1.32. The summed E-state index contributed by atoms with van der Waals surface area (Å²) in [6, 6.07) is 4.35. The van der Waals surface area contributed by atoms with E-state index in [0.717, 1.165) is 0 Å². The number of hydrogen-bond donors (Lipinski definition) is 2. The molecule has 0 aliphatic carbocycles. The zero-order valence-corrected chi connectivity index (χ0v) is 11.3. The van der Waals surface area contributed by atoms with Crippen LogP contribution in [0.1, 0.15) is 6.92 Å². The van der Waals surface area contributed by atoms with Crippen LogP contribution in [0, 0.1) is 0 Å². The second kappa shape index (κ2) is 6.58. The lowest BCUT2D eigenvalue weighted by Gasteiger charge is -2.11. The topological polar surface area (TPSA) is 90.7 Å². The number of hydrogen-bond acceptors (Lipinski definition) is 5. The van der Waals surface area contributed by atoms with Crippen LogP contribution in [0.4, 0.5) is 5.69 Å². The minimum absolute atomic E-state index is 0.131. The van der Waals surface area contributed by atoms with Gasteiger partial charge in [0.25, 0.3) is 0 Å². The van der Waals surface area contributed by atoms with E-state index >= 15 is 0 Å². The van der Waals surface area contributed by atoms with Crippen LogP contribution < -0.4 is 15.2 Å². The Hall–Kier alpha value is -1.31. The van der Waals surface area contributed by atoms with E-state index in [1.54, 1.807) is 14.0 Å². The largest absolute Gasteiger partial charge is 0.489 e. The predicted octanol–water partition coefficient (Wildman–Crippen LogP) is 0.592. The lowest BCUT2D eigenvalue weighted by Crippen LogP contribution is -2.23. The minimum Gasteiger partial charge on any atom is -0.489 e. The van der Waals surface area contributed by atoms with Gasteiger partial charge in [0, 0.05) is 19.7 Å². The number of sulfonamides is 1. The summed E-state index contributed by atoms with van der Waals surface area (Å²) in [5.74, 6) is 0.339. The number of ether oxygens (including phenoxy) is 2. The Morgan fingerprint density at radius 3 is 2.67 bits per heavy atom. The van der Waals surface area contributed by atoms with Crippen molar-refractivity contribution in [3.8, 4) is 5.75 Å². The van der Waals surface area contributed by atoms with Crippen LogP contribution in [0.25, 0.3) is 0 Å². The van der Waals surface area contributed by atoms with Crippen molar-refractivity contribution in [2.45, 2.75) is 11.8 Å². The molecule has 18 heavy (non-hydrogen) atoms. The molecular formula is C11H18N2O4S. The Kier molecular flexibility index (Phi) is 5.39. The zero-order chi connectivity index (χ0) is 13.6. The van der Waals surface area contributed by atoms with Gasteiger partial charge in [0.1, 0.15) is 12.4 Å². The summed E-state index contributed by atoms with van der Waals surface area (Å²) in [6.07, 6.45) is 0. The van der Waals surface area contributed by atoms with E-state index in [2.05, 4.69) is 4.72 Å². The van der Waals surface area contributed by atoms with E-state index in [1.807, 2.05) is 0 Å². The van der Waals surface area contributed by atoms with Gasteiger partial charge in [-0.15, -0.1) is 0 Å². The highest BCUT2D eigenvalue weighted by Gasteiger charge is 2.14. The number of nitrogen functional groups attached to an aromatic ring is 1. The first-order chi connectivity index (χ1) is 8.51. The van der Waals surface area contributed by atoms with Gasteiger partial charge in [-0.2, -0.15) is 0 Å². The van der Waals surface area contributed by atoms with Gasteiger partial charge in [-0.05, 0) is 12.1 Å². The lowest BCUT2D eigenvalue weighted by molar-refractivity contribution is 0.146. The van der Waals surface area contributed by atoms with Crippen LogP contribution in [0.2, 0.25) is 0 Å². The third-order valence-corrected chi connectivity index (χ3v) is 3.72. The molecule has 0 unspecified atom stereocenters. The maximum absolute atomic E-state index is 11.8. The van der Waals surface area contributed by atoms with Crippen molar-refractivity contribution < 1.29 is 17.9 Å². The third-order valence-electron chi connectivity index (χ3n) is 2.17. The highest BCUT2D eigenvalue weighted by Crippen LogP contribution is 2.25. The van der Waals surface area contributed by atoms with Crippen molar-refractivity contribution in [2.75, 3.05) is 32.6 Å². The van der Waals surface area contributed by atoms with Crippen LogP contribution in [0.5, 0.6) is 5.75 Å². The summed E-state index contributed by atoms with van der Waals surface area (Å²) in [5, 5.41) is 0. The number of methoxy groups -OCH3 is 1. The molecule has 102 valence electrons. The molecule has 6 nitrogen and oxygen atoms in total. The smallest absolute Gasteiger partial charge is 0.240 e. The molecule has 0 aliphatic heterocycles. The van der Waals surface area contributed by atoms with E-state index in [0.29, 0.717) is 31.2 Å². The van der Waals surface area contributed by atoms with Gasteiger partial charge in [-0.3, -0.25) is 0 Å². The molecule has 0 fully saturated rings.